The zero-order valence-electron chi connectivity index (χ0n) is 13.6. The van der Waals surface area contributed by atoms with E-state index in [1.54, 1.807) is 19.1 Å². The Labute approximate surface area is 130 Å². The number of aromatic carboxylic acids is 1. The number of ether oxygens (including phenoxy) is 1. The number of carboxylic acids is 1. The van der Waals surface area contributed by atoms with Crippen molar-refractivity contribution in [3.63, 3.8) is 0 Å². The van der Waals surface area contributed by atoms with Crippen molar-refractivity contribution < 1.29 is 19.4 Å². The first-order chi connectivity index (χ1) is 10.1. The summed E-state index contributed by atoms with van der Waals surface area (Å²) in [6, 6.07) is 2.69. The van der Waals surface area contributed by atoms with Gasteiger partial charge in [-0.2, -0.15) is 0 Å². The Hall–Kier alpha value is -1.95. The maximum absolute atomic E-state index is 12.6. The number of carbonyl (C=O) groups excluding carboxylic acids is 1. The Bertz CT molecular complexity index is 614. The Morgan fingerprint density at radius 3 is 2.55 bits per heavy atom. The molecule has 120 valence electrons. The van der Waals surface area contributed by atoms with E-state index in [0.717, 1.165) is 6.42 Å². The third-order valence-corrected chi connectivity index (χ3v) is 5.24. The molecule has 1 saturated carbocycles. The summed E-state index contributed by atoms with van der Waals surface area (Å²) in [5.74, 6) is -1.35. The highest BCUT2D eigenvalue weighted by Gasteiger charge is 2.59. The van der Waals surface area contributed by atoms with Gasteiger partial charge in [-0.25, -0.2) is 4.79 Å². The highest BCUT2D eigenvalue weighted by atomic mass is 16.5. The van der Waals surface area contributed by atoms with Gasteiger partial charge in [-0.15, -0.1) is 0 Å². The average molecular weight is 306 g/mol. The second-order valence-corrected chi connectivity index (χ2v) is 6.53. The molecule has 0 spiro atoms. The summed E-state index contributed by atoms with van der Waals surface area (Å²) in [7, 11) is 3.40. The summed E-state index contributed by atoms with van der Waals surface area (Å²) in [4.78, 5) is 29.2. The molecule has 1 aromatic heterocycles. The molecule has 0 bridgehead atoms. The summed E-state index contributed by atoms with van der Waals surface area (Å²) in [6.45, 7) is 6.16. The maximum atomic E-state index is 12.6. The number of methoxy groups -OCH3 is 1. The van der Waals surface area contributed by atoms with E-state index < -0.39 is 5.97 Å². The van der Waals surface area contributed by atoms with Gasteiger partial charge in [0.1, 0.15) is 5.69 Å². The smallest absolute Gasteiger partial charge is 0.335 e. The number of pyridine rings is 1. The van der Waals surface area contributed by atoms with Crippen LogP contribution in [0.15, 0.2) is 18.3 Å². The van der Waals surface area contributed by atoms with Gasteiger partial charge >= 0.3 is 5.97 Å². The maximum Gasteiger partial charge on any atom is 0.335 e. The van der Waals surface area contributed by atoms with Crippen molar-refractivity contribution in [2.24, 2.45) is 5.41 Å². The molecule has 2 rings (SSSR count). The van der Waals surface area contributed by atoms with Crippen molar-refractivity contribution in [2.45, 2.75) is 38.8 Å². The normalized spacial score (nSPS) is 26.1. The lowest BCUT2D eigenvalue weighted by molar-refractivity contribution is -0.198. The third kappa shape index (κ3) is 2.37. The summed E-state index contributed by atoms with van der Waals surface area (Å²) in [6.07, 6.45) is 2.08. The van der Waals surface area contributed by atoms with Crippen molar-refractivity contribution >= 4 is 11.9 Å². The number of rotatable bonds is 4. The minimum atomic E-state index is -1.07. The molecule has 22 heavy (non-hydrogen) atoms. The minimum absolute atomic E-state index is 0.0141. The van der Waals surface area contributed by atoms with E-state index in [4.69, 9.17) is 9.84 Å². The van der Waals surface area contributed by atoms with Gasteiger partial charge in [0, 0.05) is 31.8 Å². The van der Waals surface area contributed by atoms with Crippen molar-refractivity contribution in [2.75, 3.05) is 14.2 Å². The zero-order valence-corrected chi connectivity index (χ0v) is 13.6. The summed E-state index contributed by atoms with van der Waals surface area (Å²) in [5, 5.41) is 9.01. The van der Waals surface area contributed by atoms with Crippen LogP contribution in [0, 0.1) is 5.41 Å². The third-order valence-electron chi connectivity index (χ3n) is 5.24. The molecule has 1 aliphatic rings. The van der Waals surface area contributed by atoms with Gasteiger partial charge in [0.15, 0.2) is 0 Å². The van der Waals surface area contributed by atoms with Crippen LogP contribution in [0.1, 0.15) is 48.0 Å². The van der Waals surface area contributed by atoms with Crippen LogP contribution < -0.4 is 0 Å². The molecular weight excluding hydrogens is 284 g/mol. The van der Waals surface area contributed by atoms with Crippen molar-refractivity contribution in [1.29, 1.82) is 0 Å². The van der Waals surface area contributed by atoms with E-state index in [2.05, 4.69) is 18.8 Å². The summed E-state index contributed by atoms with van der Waals surface area (Å²) >= 11 is 0. The van der Waals surface area contributed by atoms with Crippen LogP contribution in [-0.4, -0.2) is 52.7 Å². The van der Waals surface area contributed by atoms with Crippen molar-refractivity contribution in [3.05, 3.63) is 29.6 Å². The molecule has 0 aromatic carbocycles. The highest BCUT2D eigenvalue weighted by molar-refractivity contribution is 5.96. The molecule has 0 aliphatic heterocycles. The monoisotopic (exact) mass is 306 g/mol. The molecule has 1 aromatic rings. The zero-order chi connectivity index (χ0) is 16.7. The Balaban J connectivity index is 2.21. The lowest BCUT2D eigenvalue weighted by Gasteiger charge is -2.61. The van der Waals surface area contributed by atoms with Crippen LogP contribution in [0.3, 0.4) is 0 Å². The SMILES string of the molecule is COC1(C)CC(N(C)C(=O)c2cc(C(=O)O)ccn2)C1(C)C. The van der Waals surface area contributed by atoms with Crippen LogP contribution >= 0.6 is 0 Å². The second kappa shape index (κ2) is 5.35. The second-order valence-electron chi connectivity index (χ2n) is 6.53. The average Bonchev–Trinajstić information content (AvgIpc) is 2.50. The number of carbonyl (C=O) groups is 2. The fraction of sp³-hybridized carbons (Fsp3) is 0.562. The van der Waals surface area contributed by atoms with Gasteiger partial charge in [0.2, 0.25) is 0 Å². The summed E-state index contributed by atoms with van der Waals surface area (Å²) in [5.41, 5.74) is -0.273. The van der Waals surface area contributed by atoms with E-state index in [0.29, 0.717) is 0 Å². The van der Waals surface area contributed by atoms with E-state index >= 15 is 0 Å². The van der Waals surface area contributed by atoms with Gasteiger partial charge in [0.25, 0.3) is 5.91 Å². The van der Waals surface area contributed by atoms with E-state index in [-0.39, 0.29) is 34.2 Å². The number of carboxylic acid groups (broad SMARTS) is 1. The molecule has 2 unspecified atom stereocenters. The quantitative estimate of drug-likeness (QED) is 0.921. The molecule has 2 atom stereocenters. The molecule has 0 saturated heterocycles. The predicted molar refractivity (Wildman–Crippen MR) is 80.9 cm³/mol. The number of aromatic nitrogens is 1. The highest BCUT2D eigenvalue weighted by Crippen LogP contribution is 2.53. The molecule has 1 aliphatic carbocycles. The van der Waals surface area contributed by atoms with Gasteiger partial charge in [-0.3, -0.25) is 9.78 Å². The molecule has 6 heteroatoms. The molecule has 1 amide bonds. The molecule has 1 fully saturated rings. The van der Waals surface area contributed by atoms with Crippen LogP contribution in [-0.2, 0) is 4.74 Å². The number of nitrogens with zero attached hydrogens (tertiary/aromatic N) is 2. The fourth-order valence-electron chi connectivity index (χ4n) is 3.08. The Morgan fingerprint density at radius 1 is 1.41 bits per heavy atom. The van der Waals surface area contributed by atoms with Crippen LogP contribution in [0.2, 0.25) is 0 Å². The van der Waals surface area contributed by atoms with Crippen molar-refractivity contribution in [1.82, 2.24) is 9.88 Å². The van der Waals surface area contributed by atoms with Crippen LogP contribution in [0.5, 0.6) is 0 Å². The van der Waals surface area contributed by atoms with Gasteiger partial charge in [0.05, 0.1) is 11.2 Å². The first-order valence-electron chi connectivity index (χ1n) is 7.15. The molecule has 6 nitrogen and oxygen atoms in total. The lowest BCUT2D eigenvalue weighted by atomic mass is 9.55. The lowest BCUT2D eigenvalue weighted by Crippen LogP contribution is -2.68. The molecule has 1 N–H and O–H groups in total. The Morgan fingerprint density at radius 2 is 2.05 bits per heavy atom. The van der Waals surface area contributed by atoms with E-state index in [9.17, 15) is 9.59 Å². The standard InChI is InChI=1S/C16H22N2O4/c1-15(2)12(9-16(15,3)22-5)18(4)13(19)11-8-10(14(20)21)6-7-17-11/h6-8,12H,9H2,1-5H3,(H,20,21). The first-order valence-corrected chi connectivity index (χ1v) is 7.15. The van der Waals surface area contributed by atoms with Crippen LogP contribution in [0.25, 0.3) is 0 Å². The Kier molecular flexibility index (Phi) is 4.00. The number of hydrogen-bond donors (Lipinski definition) is 1. The van der Waals surface area contributed by atoms with E-state index in [1.165, 1.54) is 18.3 Å². The minimum Gasteiger partial charge on any atom is -0.478 e. The largest absolute Gasteiger partial charge is 0.478 e. The number of amides is 1. The molecule has 0 radical (unpaired) electrons. The van der Waals surface area contributed by atoms with E-state index in [1.807, 2.05) is 6.92 Å². The van der Waals surface area contributed by atoms with Crippen molar-refractivity contribution in [3.8, 4) is 0 Å². The van der Waals surface area contributed by atoms with Gasteiger partial charge in [-0.1, -0.05) is 13.8 Å². The van der Waals surface area contributed by atoms with Gasteiger partial charge < -0.3 is 14.7 Å². The topological polar surface area (TPSA) is 79.7 Å². The number of hydrogen-bond acceptors (Lipinski definition) is 4. The fourth-order valence-corrected chi connectivity index (χ4v) is 3.08. The van der Waals surface area contributed by atoms with Gasteiger partial charge in [-0.05, 0) is 25.5 Å². The first kappa shape index (κ1) is 16.4. The molecular formula is C16H22N2O4. The van der Waals surface area contributed by atoms with Crippen LogP contribution in [0.4, 0.5) is 0 Å². The summed E-state index contributed by atoms with van der Waals surface area (Å²) < 4.78 is 5.57. The molecule has 1 heterocycles. The predicted octanol–water partition coefficient (Wildman–Crippen LogP) is 2.06.